The maximum atomic E-state index is 13.5. The Kier molecular flexibility index (Phi) is 2.87. The third-order valence-electron chi connectivity index (χ3n) is 2.52. The predicted octanol–water partition coefficient (Wildman–Crippen LogP) is 4.46. The molecule has 0 radical (unpaired) electrons. The molecule has 0 spiro atoms. The van der Waals surface area contributed by atoms with Gasteiger partial charge in [-0.25, -0.2) is 18.2 Å². The average Bonchev–Trinajstić information content (AvgIpc) is 2.74. The molecule has 6 heteroatoms. The van der Waals surface area contributed by atoms with E-state index >= 15 is 0 Å². The number of benzene rings is 2. The number of anilines is 2. The Bertz CT molecular complexity index is 755. The molecule has 0 saturated heterocycles. The topological polar surface area (TPSA) is 24.9 Å². The van der Waals surface area contributed by atoms with Gasteiger partial charge in [0.1, 0.15) is 17.5 Å². The van der Waals surface area contributed by atoms with Gasteiger partial charge >= 0.3 is 0 Å². The van der Waals surface area contributed by atoms with Crippen molar-refractivity contribution in [3.05, 3.63) is 53.8 Å². The molecule has 0 aliphatic heterocycles. The van der Waals surface area contributed by atoms with E-state index in [0.717, 1.165) is 16.8 Å². The normalized spacial score (nSPS) is 10.9. The number of nitrogens with one attached hydrogen (secondary N) is 1. The summed E-state index contributed by atoms with van der Waals surface area (Å²) >= 11 is 1.26. The second kappa shape index (κ2) is 4.55. The Morgan fingerprint density at radius 1 is 0.947 bits per heavy atom. The van der Waals surface area contributed by atoms with Crippen LogP contribution in [0.2, 0.25) is 0 Å². The molecule has 19 heavy (non-hydrogen) atoms. The Hall–Kier alpha value is -2.08. The first kappa shape index (κ1) is 12.0. The van der Waals surface area contributed by atoms with Crippen LogP contribution in [0.15, 0.2) is 36.4 Å². The summed E-state index contributed by atoms with van der Waals surface area (Å²) in [5, 5.41) is 3.17. The van der Waals surface area contributed by atoms with Gasteiger partial charge < -0.3 is 5.32 Å². The van der Waals surface area contributed by atoms with Gasteiger partial charge in [0.2, 0.25) is 0 Å². The molecule has 3 rings (SSSR count). The molecule has 0 saturated carbocycles. The van der Waals surface area contributed by atoms with Crippen molar-refractivity contribution in [2.75, 3.05) is 5.32 Å². The van der Waals surface area contributed by atoms with E-state index < -0.39 is 11.6 Å². The molecule has 1 aromatic heterocycles. The molecule has 0 bridgehead atoms. The summed E-state index contributed by atoms with van der Waals surface area (Å²) in [4.78, 5) is 4.14. The van der Waals surface area contributed by atoms with Crippen LogP contribution in [0.1, 0.15) is 0 Å². The van der Waals surface area contributed by atoms with Crippen LogP contribution >= 0.6 is 11.3 Å². The zero-order chi connectivity index (χ0) is 13.4. The Morgan fingerprint density at radius 2 is 1.68 bits per heavy atom. The summed E-state index contributed by atoms with van der Waals surface area (Å²) in [5.41, 5.74) is 0.621. The Morgan fingerprint density at radius 3 is 2.47 bits per heavy atom. The number of hydrogen-bond acceptors (Lipinski definition) is 3. The van der Waals surface area contributed by atoms with E-state index in [-0.39, 0.29) is 11.5 Å². The lowest BCUT2D eigenvalue weighted by Crippen LogP contribution is -1.93. The van der Waals surface area contributed by atoms with Crippen LogP contribution in [0.5, 0.6) is 0 Å². The number of halogens is 3. The zero-order valence-electron chi connectivity index (χ0n) is 9.45. The molecule has 0 unspecified atom stereocenters. The van der Waals surface area contributed by atoms with Gasteiger partial charge in [0.15, 0.2) is 5.13 Å². The van der Waals surface area contributed by atoms with Crippen molar-refractivity contribution in [2.45, 2.75) is 0 Å². The molecule has 2 nitrogen and oxygen atoms in total. The van der Waals surface area contributed by atoms with E-state index in [9.17, 15) is 13.2 Å². The lowest BCUT2D eigenvalue weighted by molar-refractivity contribution is 0.586. The van der Waals surface area contributed by atoms with Gasteiger partial charge in [-0.1, -0.05) is 11.3 Å². The number of aromatic nitrogens is 1. The van der Waals surface area contributed by atoms with Gasteiger partial charge in [-0.15, -0.1) is 0 Å². The highest BCUT2D eigenvalue weighted by Gasteiger charge is 2.08. The van der Waals surface area contributed by atoms with Gasteiger partial charge in [-0.2, -0.15) is 0 Å². The maximum Gasteiger partial charge on any atom is 0.188 e. The smallest absolute Gasteiger partial charge is 0.188 e. The van der Waals surface area contributed by atoms with Crippen LogP contribution in [-0.4, -0.2) is 4.98 Å². The molecule has 1 heterocycles. The predicted molar refractivity (Wildman–Crippen MR) is 69.2 cm³/mol. The van der Waals surface area contributed by atoms with Crippen molar-refractivity contribution in [3.63, 3.8) is 0 Å². The van der Waals surface area contributed by atoms with Gasteiger partial charge in [-0.3, -0.25) is 0 Å². The molecule has 0 atom stereocenters. The summed E-state index contributed by atoms with van der Waals surface area (Å²) in [5.74, 6) is -1.72. The van der Waals surface area contributed by atoms with Crippen molar-refractivity contribution in [3.8, 4) is 0 Å². The maximum absolute atomic E-state index is 13.5. The van der Waals surface area contributed by atoms with Crippen LogP contribution in [0, 0.1) is 17.5 Å². The number of nitrogens with zero attached hydrogens (tertiary/aromatic N) is 1. The average molecular weight is 280 g/mol. The number of hydrogen-bond donors (Lipinski definition) is 1. The van der Waals surface area contributed by atoms with Crippen LogP contribution in [0.4, 0.5) is 24.0 Å². The molecule has 0 aliphatic carbocycles. The monoisotopic (exact) mass is 280 g/mol. The number of rotatable bonds is 2. The SMILES string of the molecule is Fc1ccc(Nc2nc3cc(F)ccc3s2)c(F)c1. The highest BCUT2D eigenvalue weighted by molar-refractivity contribution is 7.22. The van der Waals surface area contributed by atoms with Crippen molar-refractivity contribution < 1.29 is 13.2 Å². The molecule has 0 fully saturated rings. The van der Waals surface area contributed by atoms with E-state index in [2.05, 4.69) is 10.3 Å². The fraction of sp³-hybridized carbons (Fsp3) is 0. The van der Waals surface area contributed by atoms with Crippen molar-refractivity contribution in [1.29, 1.82) is 0 Å². The number of fused-ring (bicyclic) bond motifs is 1. The molecular weight excluding hydrogens is 273 g/mol. The van der Waals surface area contributed by atoms with Gasteiger partial charge in [0, 0.05) is 12.1 Å². The van der Waals surface area contributed by atoms with E-state index in [1.165, 1.54) is 29.5 Å². The second-order valence-electron chi connectivity index (χ2n) is 3.88. The Labute approximate surface area is 110 Å². The van der Waals surface area contributed by atoms with E-state index in [0.29, 0.717) is 10.6 Å². The van der Waals surface area contributed by atoms with Crippen LogP contribution < -0.4 is 5.32 Å². The number of thiazole rings is 1. The van der Waals surface area contributed by atoms with Crippen molar-refractivity contribution in [1.82, 2.24) is 4.98 Å². The van der Waals surface area contributed by atoms with E-state index in [1.54, 1.807) is 6.07 Å². The van der Waals surface area contributed by atoms with E-state index in [1.807, 2.05) is 0 Å². The van der Waals surface area contributed by atoms with Crippen molar-refractivity contribution in [2.24, 2.45) is 0 Å². The fourth-order valence-electron chi connectivity index (χ4n) is 1.66. The lowest BCUT2D eigenvalue weighted by Gasteiger charge is -2.03. The van der Waals surface area contributed by atoms with E-state index in [4.69, 9.17) is 0 Å². The molecule has 2 aromatic carbocycles. The molecule has 3 aromatic rings. The van der Waals surface area contributed by atoms with Crippen LogP contribution in [0.25, 0.3) is 10.2 Å². The molecule has 0 aliphatic rings. The van der Waals surface area contributed by atoms with Gasteiger partial charge in [0.25, 0.3) is 0 Å². The molecule has 1 N–H and O–H groups in total. The standard InChI is InChI=1S/C13H7F3N2S/c14-7-1-3-10(9(16)5-7)17-13-18-11-6-8(15)2-4-12(11)19-13/h1-6H,(H,17,18). The minimum atomic E-state index is -0.703. The summed E-state index contributed by atoms with van der Waals surface area (Å²) in [7, 11) is 0. The second-order valence-corrected chi connectivity index (χ2v) is 4.91. The van der Waals surface area contributed by atoms with Gasteiger partial charge in [0.05, 0.1) is 15.9 Å². The molecular formula is C13H7F3N2S. The minimum absolute atomic E-state index is 0.126. The zero-order valence-corrected chi connectivity index (χ0v) is 10.3. The fourth-order valence-corrected chi connectivity index (χ4v) is 2.52. The van der Waals surface area contributed by atoms with Crippen LogP contribution in [-0.2, 0) is 0 Å². The summed E-state index contributed by atoms with van der Waals surface area (Å²) < 4.78 is 40.1. The minimum Gasteiger partial charge on any atom is -0.329 e. The van der Waals surface area contributed by atoms with Gasteiger partial charge in [-0.05, 0) is 24.3 Å². The van der Waals surface area contributed by atoms with Crippen molar-refractivity contribution >= 4 is 32.4 Å². The summed E-state index contributed by atoms with van der Waals surface area (Å²) in [6.07, 6.45) is 0. The van der Waals surface area contributed by atoms with Crippen LogP contribution in [0.3, 0.4) is 0 Å². The molecule has 0 amide bonds. The first-order chi connectivity index (χ1) is 9.11. The summed E-state index contributed by atoms with van der Waals surface area (Å²) in [6, 6.07) is 7.47. The highest BCUT2D eigenvalue weighted by Crippen LogP contribution is 2.29. The lowest BCUT2D eigenvalue weighted by atomic mass is 10.3. The molecule has 96 valence electrons. The largest absolute Gasteiger partial charge is 0.329 e. The Balaban J connectivity index is 1.96. The quantitative estimate of drug-likeness (QED) is 0.749. The third-order valence-corrected chi connectivity index (χ3v) is 3.47. The highest BCUT2D eigenvalue weighted by atomic mass is 32.1. The first-order valence-electron chi connectivity index (χ1n) is 5.40. The third kappa shape index (κ3) is 2.39. The summed E-state index contributed by atoms with van der Waals surface area (Å²) in [6.45, 7) is 0. The first-order valence-corrected chi connectivity index (χ1v) is 6.21.